The van der Waals surface area contributed by atoms with Crippen molar-refractivity contribution in [2.24, 2.45) is 5.92 Å². The highest BCUT2D eigenvalue weighted by molar-refractivity contribution is 5.95. The molecule has 2 aromatic carbocycles. The Morgan fingerprint density at radius 1 is 1.00 bits per heavy atom. The maximum atomic E-state index is 12.5. The number of benzene rings is 2. The number of rotatable bonds is 8. The van der Waals surface area contributed by atoms with Gasteiger partial charge in [-0.25, -0.2) is 0 Å². The van der Waals surface area contributed by atoms with E-state index >= 15 is 0 Å². The lowest BCUT2D eigenvalue weighted by Crippen LogP contribution is -2.34. The average molecular weight is 397 g/mol. The van der Waals surface area contributed by atoms with Gasteiger partial charge in [0.2, 0.25) is 0 Å². The quantitative estimate of drug-likeness (QED) is 0.735. The van der Waals surface area contributed by atoms with Gasteiger partial charge in [-0.3, -0.25) is 4.79 Å². The molecule has 0 bridgehead atoms. The summed E-state index contributed by atoms with van der Waals surface area (Å²) in [5, 5.41) is 2.97. The second-order valence-corrected chi connectivity index (χ2v) is 7.68. The van der Waals surface area contributed by atoms with Gasteiger partial charge in [-0.1, -0.05) is 31.2 Å². The van der Waals surface area contributed by atoms with E-state index in [2.05, 4.69) is 41.4 Å². The van der Waals surface area contributed by atoms with E-state index < -0.39 is 0 Å². The minimum atomic E-state index is -0.144. The van der Waals surface area contributed by atoms with E-state index in [0.717, 1.165) is 24.4 Å². The largest absolute Gasteiger partial charge is 0.497 e. The van der Waals surface area contributed by atoms with Crippen molar-refractivity contribution in [2.45, 2.75) is 32.7 Å². The molecule has 29 heavy (non-hydrogen) atoms. The van der Waals surface area contributed by atoms with Crippen LogP contribution in [0.15, 0.2) is 42.5 Å². The van der Waals surface area contributed by atoms with Gasteiger partial charge in [-0.05, 0) is 68.1 Å². The van der Waals surface area contributed by atoms with Crippen molar-refractivity contribution in [1.29, 1.82) is 0 Å². The van der Waals surface area contributed by atoms with Crippen LogP contribution in [-0.2, 0) is 13.0 Å². The number of nitrogens with zero attached hydrogens (tertiary/aromatic N) is 1. The topological polar surface area (TPSA) is 50.8 Å². The molecule has 1 fully saturated rings. The van der Waals surface area contributed by atoms with Gasteiger partial charge in [0, 0.05) is 18.2 Å². The Labute approximate surface area is 174 Å². The van der Waals surface area contributed by atoms with E-state index in [1.807, 2.05) is 0 Å². The van der Waals surface area contributed by atoms with Crippen molar-refractivity contribution in [3.8, 4) is 11.5 Å². The van der Waals surface area contributed by atoms with Crippen LogP contribution >= 0.6 is 0 Å². The maximum Gasteiger partial charge on any atom is 0.251 e. The van der Waals surface area contributed by atoms with Gasteiger partial charge in [0.05, 0.1) is 14.2 Å². The highest BCUT2D eigenvalue weighted by Gasteiger charge is 2.18. The lowest BCUT2D eigenvalue weighted by molar-refractivity contribution is 0.0950. The first-order chi connectivity index (χ1) is 14.1. The Balaban J connectivity index is 1.52. The fraction of sp³-hybridized carbons (Fsp3) is 0.458. The van der Waals surface area contributed by atoms with E-state index in [1.165, 1.54) is 31.5 Å². The third-order valence-corrected chi connectivity index (χ3v) is 5.77. The number of amides is 1. The molecule has 0 aromatic heterocycles. The first-order valence-electron chi connectivity index (χ1n) is 10.4. The zero-order valence-corrected chi connectivity index (χ0v) is 17.7. The van der Waals surface area contributed by atoms with Gasteiger partial charge < -0.3 is 19.7 Å². The van der Waals surface area contributed by atoms with Crippen molar-refractivity contribution in [3.05, 3.63) is 59.2 Å². The van der Waals surface area contributed by atoms with Gasteiger partial charge in [0.1, 0.15) is 11.5 Å². The van der Waals surface area contributed by atoms with Crippen LogP contribution in [0.3, 0.4) is 0 Å². The smallest absolute Gasteiger partial charge is 0.251 e. The fourth-order valence-electron chi connectivity index (χ4n) is 3.86. The number of piperidine rings is 1. The van der Waals surface area contributed by atoms with Crippen LogP contribution in [0.2, 0.25) is 0 Å². The Hall–Kier alpha value is -2.53. The molecule has 1 N–H and O–H groups in total. The summed E-state index contributed by atoms with van der Waals surface area (Å²) in [6.45, 7) is 6.34. The number of ether oxygens (including phenoxy) is 2. The molecule has 0 radical (unpaired) electrons. The summed E-state index contributed by atoms with van der Waals surface area (Å²) in [4.78, 5) is 15.0. The second kappa shape index (κ2) is 10.3. The van der Waals surface area contributed by atoms with Crippen LogP contribution in [-0.4, -0.2) is 44.7 Å². The molecule has 156 valence electrons. The molecule has 0 aliphatic carbocycles. The predicted molar refractivity (Wildman–Crippen MR) is 116 cm³/mol. The molecular formula is C24H32N2O3. The average Bonchev–Trinajstić information content (AvgIpc) is 2.78. The van der Waals surface area contributed by atoms with Gasteiger partial charge >= 0.3 is 0 Å². The van der Waals surface area contributed by atoms with Crippen molar-refractivity contribution < 1.29 is 14.3 Å². The maximum absolute atomic E-state index is 12.5. The van der Waals surface area contributed by atoms with Crippen LogP contribution in [0.4, 0.5) is 0 Å². The van der Waals surface area contributed by atoms with Crippen molar-refractivity contribution in [2.75, 3.05) is 33.9 Å². The summed E-state index contributed by atoms with van der Waals surface area (Å²) < 4.78 is 10.5. The minimum absolute atomic E-state index is 0.144. The second-order valence-electron chi connectivity index (χ2n) is 7.68. The molecule has 1 heterocycles. The first kappa shape index (κ1) is 21.2. The fourth-order valence-corrected chi connectivity index (χ4v) is 3.86. The third kappa shape index (κ3) is 5.97. The van der Waals surface area contributed by atoms with Crippen molar-refractivity contribution in [1.82, 2.24) is 10.2 Å². The van der Waals surface area contributed by atoms with E-state index in [1.54, 1.807) is 32.4 Å². The zero-order chi connectivity index (χ0) is 20.6. The summed E-state index contributed by atoms with van der Waals surface area (Å²) in [7, 11) is 3.15. The van der Waals surface area contributed by atoms with E-state index in [0.29, 0.717) is 23.6 Å². The summed E-state index contributed by atoms with van der Waals surface area (Å²) in [6, 6.07) is 13.8. The number of carbonyl (C=O) groups excluding carboxylic acids is 1. The van der Waals surface area contributed by atoms with Gasteiger partial charge in [0.25, 0.3) is 5.91 Å². The Morgan fingerprint density at radius 3 is 2.14 bits per heavy atom. The molecule has 2 aromatic rings. The first-order valence-corrected chi connectivity index (χ1v) is 10.4. The molecule has 3 rings (SSSR count). The van der Waals surface area contributed by atoms with Gasteiger partial charge in [0.15, 0.2) is 0 Å². The molecule has 1 amide bonds. The van der Waals surface area contributed by atoms with Crippen molar-refractivity contribution in [3.63, 3.8) is 0 Å². The summed E-state index contributed by atoms with van der Waals surface area (Å²) in [5.74, 6) is 1.84. The van der Waals surface area contributed by atoms with Crippen LogP contribution in [0, 0.1) is 5.92 Å². The lowest BCUT2D eigenvalue weighted by atomic mass is 9.90. The van der Waals surface area contributed by atoms with E-state index in [4.69, 9.17) is 9.47 Å². The Kier molecular flexibility index (Phi) is 7.53. The molecule has 0 unspecified atom stereocenters. The highest BCUT2D eigenvalue weighted by atomic mass is 16.5. The molecule has 1 aliphatic heterocycles. The number of methoxy groups -OCH3 is 2. The monoisotopic (exact) mass is 396 g/mol. The highest BCUT2D eigenvalue weighted by Crippen LogP contribution is 2.23. The standard InChI is InChI=1S/C24H32N2O3/c1-4-26-11-9-19(10-12-26)13-18-5-7-20(8-6-18)17-25-24(27)21-14-22(28-2)16-23(15-21)29-3/h5-8,14-16,19H,4,9-13,17H2,1-3H3,(H,25,27). The normalized spacial score (nSPS) is 15.1. The van der Waals surface area contributed by atoms with Crippen LogP contribution in [0.25, 0.3) is 0 Å². The molecule has 0 saturated carbocycles. The van der Waals surface area contributed by atoms with Gasteiger partial charge in [-0.2, -0.15) is 0 Å². The van der Waals surface area contributed by atoms with E-state index in [9.17, 15) is 4.79 Å². The van der Waals surface area contributed by atoms with Crippen LogP contribution in [0.1, 0.15) is 41.3 Å². The third-order valence-electron chi connectivity index (χ3n) is 5.77. The Bertz CT molecular complexity index is 774. The summed E-state index contributed by atoms with van der Waals surface area (Å²) >= 11 is 0. The van der Waals surface area contributed by atoms with Crippen molar-refractivity contribution >= 4 is 5.91 Å². The molecule has 0 atom stereocenters. The van der Waals surface area contributed by atoms with E-state index in [-0.39, 0.29) is 5.91 Å². The van der Waals surface area contributed by atoms with Crippen LogP contribution in [0.5, 0.6) is 11.5 Å². The summed E-state index contributed by atoms with van der Waals surface area (Å²) in [5.41, 5.74) is 3.00. The molecule has 1 aliphatic rings. The van der Waals surface area contributed by atoms with Gasteiger partial charge in [-0.15, -0.1) is 0 Å². The predicted octanol–water partition coefficient (Wildman–Crippen LogP) is 3.91. The zero-order valence-electron chi connectivity index (χ0n) is 17.7. The number of nitrogens with one attached hydrogen (secondary N) is 1. The summed E-state index contributed by atoms with van der Waals surface area (Å²) in [6.07, 6.45) is 3.72. The molecule has 1 saturated heterocycles. The molecule has 0 spiro atoms. The number of likely N-dealkylation sites (tertiary alicyclic amines) is 1. The SMILES string of the molecule is CCN1CCC(Cc2ccc(CNC(=O)c3cc(OC)cc(OC)c3)cc2)CC1. The molecule has 5 heteroatoms. The number of hydrogen-bond donors (Lipinski definition) is 1. The number of hydrogen-bond acceptors (Lipinski definition) is 4. The Morgan fingerprint density at radius 2 is 1.59 bits per heavy atom. The lowest BCUT2D eigenvalue weighted by Gasteiger charge is -2.31. The number of carbonyl (C=O) groups is 1. The minimum Gasteiger partial charge on any atom is -0.497 e. The van der Waals surface area contributed by atoms with Crippen LogP contribution < -0.4 is 14.8 Å². The molecular weight excluding hydrogens is 364 g/mol. The molecule has 5 nitrogen and oxygen atoms in total.